The van der Waals surface area contributed by atoms with Crippen LogP contribution in [0.1, 0.15) is 0 Å². The summed E-state index contributed by atoms with van der Waals surface area (Å²) in [7, 11) is 1.48. The Hall–Kier alpha value is -2.14. The van der Waals surface area contributed by atoms with Crippen molar-refractivity contribution >= 4 is 23.4 Å². The van der Waals surface area contributed by atoms with Crippen LogP contribution in [0, 0.1) is 0 Å². The fraction of sp³-hybridized carbons (Fsp3) is 0.133. The summed E-state index contributed by atoms with van der Waals surface area (Å²) in [6.07, 6.45) is 0. The summed E-state index contributed by atoms with van der Waals surface area (Å²) in [5, 5.41) is 12.4. The Morgan fingerprint density at radius 1 is 1.25 bits per heavy atom. The number of benzene rings is 2. The smallest absolute Gasteiger partial charge is 0.234 e. The third-order valence-electron chi connectivity index (χ3n) is 2.58. The molecular formula is C15H15NO3S. The van der Waals surface area contributed by atoms with Crippen LogP contribution in [0.25, 0.3) is 0 Å². The standard InChI is InChI=1S/C15H15NO3S/c1-19-14-8-7-11(9-13(14)17)16-15(18)10-20-12-5-3-2-4-6-12/h2-9,17H,10H2,1H3,(H,16,18). The largest absolute Gasteiger partial charge is 0.504 e. The number of methoxy groups -OCH3 is 1. The first-order valence-corrected chi connectivity index (χ1v) is 7.02. The Balaban J connectivity index is 1.90. The summed E-state index contributed by atoms with van der Waals surface area (Å²) in [5.41, 5.74) is 0.543. The molecule has 1 amide bonds. The second-order valence-corrected chi connectivity index (χ2v) is 5.09. The van der Waals surface area contributed by atoms with E-state index < -0.39 is 0 Å². The van der Waals surface area contributed by atoms with Gasteiger partial charge in [-0.2, -0.15) is 0 Å². The molecule has 0 aromatic heterocycles. The summed E-state index contributed by atoms with van der Waals surface area (Å²) in [6, 6.07) is 14.5. The van der Waals surface area contributed by atoms with Crippen molar-refractivity contribution in [1.82, 2.24) is 0 Å². The Labute approximate surface area is 121 Å². The van der Waals surface area contributed by atoms with E-state index >= 15 is 0 Å². The molecule has 2 aromatic carbocycles. The molecule has 4 nitrogen and oxygen atoms in total. The fourth-order valence-electron chi connectivity index (χ4n) is 1.63. The molecule has 0 unspecified atom stereocenters. The van der Waals surface area contributed by atoms with E-state index in [4.69, 9.17) is 4.74 Å². The summed E-state index contributed by atoms with van der Waals surface area (Å²) >= 11 is 1.46. The van der Waals surface area contributed by atoms with Gasteiger partial charge in [0.15, 0.2) is 11.5 Å². The molecule has 0 heterocycles. The molecule has 2 N–H and O–H groups in total. The topological polar surface area (TPSA) is 58.6 Å². The van der Waals surface area contributed by atoms with Gasteiger partial charge in [-0.05, 0) is 24.3 Å². The van der Waals surface area contributed by atoms with Crippen LogP contribution >= 0.6 is 11.8 Å². The number of hydrogen-bond donors (Lipinski definition) is 2. The lowest BCUT2D eigenvalue weighted by atomic mass is 10.3. The first-order valence-electron chi connectivity index (χ1n) is 6.04. The first kappa shape index (κ1) is 14.3. The highest BCUT2D eigenvalue weighted by Crippen LogP contribution is 2.28. The van der Waals surface area contributed by atoms with E-state index in [9.17, 15) is 9.90 Å². The number of amides is 1. The molecule has 0 spiro atoms. The van der Waals surface area contributed by atoms with Crippen LogP contribution < -0.4 is 10.1 Å². The maximum atomic E-state index is 11.8. The van der Waals surface area contributed by atoms with Crippen LogP contribution in [0.3, 0.4) is 0 Å². The van der Waals surface area contributed by atoms with Gasteiger partial charge in [0.2, 0.25) is 5.91 Å². The second-order valence-electron chi connectivity index (χ2n) is 4.04. The third kappa shape index (κ3) is 3.93. The van der Waals surface area contributed by atoms with Gasteiger partial charge in [0.05, 0.1) is 12.9 Å². The molecule has 0 aliphatic heterocycles. The maximum absolute atomic E-state index is 11.8. The summed E-state index contributed by atoms with van der Waals surface area (Å²) in [6.45, 7) is 0. The maximum Gasteiger partial charge on any atom is 0.234 e. The second kappa shape index (κ2) is 6.86. The lowest BCUT2D eigenvalue weighted by Gasteiger charge is -2.08. The van der Waals surface area contributed by atoms with Crippen LogP contribution in [0.15, 0.2) is 53.4 Å². The average molecular weight is 289 g/mol. The van der Waals surface area contributed by atoms with Crippen LogP contribution in [0.2, 0.25) is 0 Å². The van der Waals surface area contributed by atoms with Gasteiger partial charge in [-0.3, -0.25) is 4.79 Å². The Morgan fingerprint density at radius 3 is 2.65 bits per heavy atom. The van der Waals surface area contributed by atoms with Crippen LogP contribution in [0.4, 0.5) is 5.69 Å². The number of thioether (sulfide) groups is 1. The lowest BCUT2D eigenvalue weighted by Crippen LogP contribution is -2.13. The minimum atomic E-state index is -0.122. The third-order valence-corrected chi connectivity index (χ3v) is 3.59. The van der Waals surface area contributed by atoms with Gasteiger partial charge >= 0.3 is 0 Å². The number of anilines is 1. The molecule has 0 fully saturated rings. The van der Waals surface area contributed by atoms with Crippen molar-refractivity contribution in [1.29, 1.82) is 0 Å². The quantitative estimate of drug-likeness (QED) is 0.830. The van der Waals surface area contributed by atoms with Crippen molar-refractivity contribution in [3.8, 4) is 11.5 Å². The normalized spacial score (nSPS) is 10.1. The molecule has 0 aliphatic rings. The van der Waals surface area contributed by atoms with E-state index in [-0.39, 0.29) is 11.7 Å². The molecule has 0 aliphatic carbocycles. The highest BCUT2D eigenvalue weighted by molar-refractivity contribution is 8.00. The van der Waals surface area contributed by atoms with Gasteiger partial charge in [-0.1, -0.05) is 18.2 Å². The predicted molar refractivity (Wildman–Crippen MR) is 80.5 cm³/mol. The van der Waals surface area contributed by atoms with E-state index in [2.05, 4.69) is 5.32 Å². The van der Waals surface area contributed by atoms with Gasteiger partial charge in [-0.15, -0.1) is 11.8 Å². The molecular weight excluding hydrogens is 274 g/mol. The Morgan fingerprint density at radius 2 is 2.00 bits per heavy atom. The number of ether oxygens (including phenoxy) is 1. The van der Waals surface area contributed by atoms with E-state index in [1.165, 1.54) is 24.9 Å². The Bertz CT molecular complexity index is 587. The molecule has 5 heteroatoms. The zero-order valence-electron chi connectivity index (χ0n) is 11.0. The van der Waals surface area contributed by atoms with Crippen molar-refractivity contribution in [3.63, 3.8) is 0 Å². The number of nitrogens with one attached hydrogen (secondary N) is 1. The summed E-state index contributed by atoms with van der Waals surface area (Å²) in [4.78, 5) is 12.8. The van der Waals surface area contributed by atoms with Gasteiger partial charge in [0, 0.05) is 16.6 Å². The first-order chi connectivity index (χ1) is 9.69. The summed E-state index contributed by atoms with van der Waals surface area (Å²) < 4.78 is 4.94. The molecule has 20 heavy (non-hydrogen) atoms. The molecule has 0 bridgehead atoms. The SMILES string of the molecule is COc1ccc(NC(=O)CSc2ccccc2)cc1O. The minimum absolute atomic E-state index is 0.000937. The van der Waals surface area contributed by atoms with E-state index in [1.807, 2.05) is 30.3 Å². The molecule has 2 aromatic rings. The molecule has 0 saturated heterocycles. The fourth-order valence-corrected chi connectivity index (χ4v) is 2.35. The molecule has 104 valence electrons. The number of rotatable bonds is 5. The number of aromatic hydroxyl groups is 1. The number of phenolic OH excluding ortho intramolecular Hbond substituents is 1. The Kier molecular flexibility index (Phi) is 4.90. The minimum Gasteiger partial charge on any atom is -0.504 e. The van der Waals surface area contributed by atoms with Crippen LogP contribution in [-0.4, -0.2) is 23.9 Å². The molecule has 2 rings (SSSR count). The molecule has 0 saturated carbocycles. The van der Waals surface area contributed by atoms with Crippen molar-refractivity contribution in [3.05, 3.63) is 48.5 Å². The zero-order valence-corrected chi connectivity index (χ0v) is 11.8. The van der Waals surface area contributed by atoms with Crippen molar-refractivity contribution in [2.75, 3.05) is 18.2 Å². The highest BCUT2D eigenvalue weighted by atomic mass is 32.2. The number of hydrogen-bond acceptors (Lipinski definition) is 4. The lowest BCUT2D eigenvalue weighted by molar-refractivity contribution is -0.113. The van der Waals surface area contributed by atoms with Crippen molar-refractivity contribution < 1.29 is 14.6 Å². The monoisotopic (exact) mass is 289 g/mol. The van der Waals surface area contributed by atoms with Crippen LogP contribution in [0.5, 0.6) is 11.5 Å². The zero-order chi connectivity index (χ0) is 14.4. The predicted octanol–water partition coefficient (Wildman–Crippen LogP) is 3.13. The van der Waals surface area contributed by atoms with Gasteiger partial charge in [-0.25, -0.2) is 0 Å². The van der Waals surface area contributed by atoms with Crippen molar-refractivity contribution in [2.24, 2.45) is 0 Å². The van der Waals surface area contributed by atoms with Crippen molar-refractivity contribution in [2.45, 2.75) is 4.90 Å². The van der Waals surface area contributed by atoms with E-state index in [0.717, 1.165) is 4.90 Å². The number of phenols is 1. The average Bonchev–Trinajstić information content (AvgIpc) is 2.46. The molecule has 0 atom stereocenters. The van der Waals surface area contributed by atoms with Crippen LogP contribution in [-0.2, 0) is 4.79 Å². The number of carbonyl (C=O) groups excluding carboxylic acids is 1. The summed E-state index contributed by atoms with van der Waals surface area (Å²) in [5.74, 6) is 0.572. The van der Waals surface area contributed by atoms with Gasteiger partial charge in [0.1, 0.15) is 0 Å². The van der Waals surface area contributed by atoms with E-state index in [0.29, 0.717) is 17.2 Å². The molecule has 0 radical (unpaired) electrons. The number of carbonyl (C=O) groups is 1. The van der Waals surface area contributed by atoms with Gasteiger partial charge in [0.25, 0.3) is 0 Å². The van der Waals surface area contributed by atoms with E-state index in [1.54, 1.807) is 12.1 Å². The highest BCUT2D eigenvalue weighted by Gasteiger charge is 2.06. The van der Waals surface area contributed by atoms with Gasteiger partial charge < -0.3 is 15.2 Å².